The van der Waals surface area contributed by atoms with Crippen LogP contribution >= 0.6 is 0 Å². The summed E-state index contributed by atoms with van der Waals surface area (Å²) < 4.78 is 10.6. The van der Waals surface area contributed by atoms with Gasteiger partial charge in [-0.2, -0.15) is 0 Å². The van der Waals surface area contributed by atoms with Crippen LogP contribution in [0.2, 0.25) is 0 Å². The number of hydrogen-bond donors (Lipinski definition) is 2. The summed E-state index contributed by atoms with van der Waals surface area (Å²) in [4.78, 5) is 36.5. The highest BCUT2D eigenvalue weighted by molar-refractivity contribution is 5.97. The lowest BCUT2D eigenvalue weighted by atomic mass is 9.76. The molecule has 40 heavy (non-hydrogen) atoms. The number of carbonyl (C=O) groups is 3. The molecule has 1 heterocycles. The van der Waals surface area contributed by atoms with Crippen LogP contribution in [0, 0.1) is 5.41 Å². The number of carbonyl (C=O) groups excluding carboxylic acids is 1. The summed E-state index contributed by atoms with van der Waals surface area (Å²) in [5.41, 5.74) is 0.916. The Morgan fingerprint density at radius 1 is 0.950 bits per heavy atom. The summed E-state index contributed by atoms with van der Waals surface area (Å²) in [7, 11) is 2.97. The molecule has 8 heteroatoms. The third-order valence-electron chi connectivity index (χ3n) is 7.20. The van der Waals surface area contributed by atoms with Crippen molar-refractivity contribution in [2.75, 3.05) is 20.8 Å². The Labute approximate surface area is 233 Å². The normalized spacial score (nSPS) is 18.4. The molecular weight excluding hydrogens is 510 g/mol. The van der Waals surface area contributed by atoms with Crippen molar-refractivity contribution < 1.29 is 34.1 Å². The Hall–Kier alpha value is -4.59. The Balaban J connectivity index is 0.000000192. The SMILES string of the molecule is COc1cccc(OC)c1C1=CC(C)(C(=O)O)CC(C(=O)O)=C1.O=C1CCCN1Cc1ccc2ccccc2c1. The lowest BCUT2D eigenvalue weighted by molar-refractivity contribution is -0.145. The molecule has 0 saturated carbocycles. The van der Waals surface area contributed by atoms with Crippen molar-refractivity contribution in [3.63, 3.8) is 0 Å². The van der Waals surface area contributed by atoms with Crippen LogP contribution in [0.25, 0.3) is 16.3 Å². The molecule has 0 aromatic heterocycles. The van der Waals surface area contributed by atoms with E-state index in [1.54, 1.807) is 24.3 Å². The zero-order valence-corrected chi connectivity index (χ0v) is 22.8. The molecule has 1 atom stereocenters. The van der Waals surface area contributed by atoms with E-state index in [0.717, 1.165) is 19.5 Å². The molecule has 1 fully saturated rings. The molecule has 2 aliphatic rings. The minimum absolute atomic E-state index is 0.0281. The lowest BCUT2D eigenvalue weighted by Gasteiger charge is -2.27. The van der Waals surface area contributed by atoms with Crippen LogP contribution in [-0.4, -0.2) is 53.7 Å². The molecule has 0 radical (unpaired) electrons. The largest absolute Gasteiger partial charge is 0.496 e. The number of rotatable bonds is 7. The van der Waals surface area contributed by atoms with E-state index in [1.165, 1.54) is 43.6 Å². The van der Waals surface area contributed by atoms with Gasteiger partial charge in [0.25, 0.3) is 0 Å². The number of nitrogens with zero attached hydrogens (tertiary/aromatic N) is 1. The second-order valence-electron chi connectivity index (χ2n) is 10.1. The van der Waals surface area contributed by atoms with Crippen LogP contribution in [0.5, 0.6) is 11.5 Å². The summed E-state index contributed by atoms with van der Waals surface area (Å²) in [6.45, 7) is 3.16. The van der Waals surface area contributed by atoms with Crippen molar-refractivity contribution in [2.24, 2.45) is 5.41 Å². The molecular formula is C32H33NO7. The minimum Gasteiger partial charge on any atom is -0.496 e. The molecule has 1 aliphatic carbocycles. The van der Waals surface area contributed by atoms with Crippen LogP contribution in [0.1, 0.15) is 37.3 Å². The zero-order valence-electron chi connectivity index (χ0n) is 22.8. The molecule has 5 rings (SSSR count). The minimum atomic E-state index is -1.32. The number of carboxylic acid groups (broad SMARTS) is 2. The van der Waals surface area contributed by atoms with E-state index in [9.17, 15) is 24.6 Å². The van der Waals surface area contributed by atoms with Gasteiger partial charge < -0.3 is 24.6 Å². The Bertz CT molecular complexity index is 1480. The number of ether oxygens (including phenoxy) is 2. The number of hydrogen-bond acceptors (Lipinski definition) is 5. The maximum absolute atomic E-state index is 11.6. The summed E-state index contributed by atoms with van der Waals surface area (Å²) in [5, 5.41) is 21.3. The van der Waals surface area contributed by atoms with Crippen LogP contribution in [0.3, 0.4) is 0 Å². The first-order valence-corrected chi connectivity index (χ1v) is 13.0. The van der Waals surface area contributed by atoms with E-state index >= 15 is 0 Å². The van der Waals surface area contributed by atoms with E-state index in [2.05, 4.69) is 30.3 Å². The molecule has 8 nitrogen and oxygen atoms in total. The fourth-order valence-corrected chi connectivity index (χ4v) is 5.05. The summed E-state index contributed by atoms with van der Waals surface area (Å²) in [6, 6.07) is 19.9. The molecule has 208 valence electrons. The van der Waals surface area contributed by atoms with Gasteiger partial charge in [0.1, 0.15) is 11.5 Å². The first kappa shape index (κ1) is 28.4. The fraction of sp³-hybridized carbons (Fsp3) is 0.281. The highest BCUT2D eigenvalue weighted by atomic mass is 16.5. The molecule has 1 saturated heterocycles. The number of carboxylic acids is 2. The van der Waals surface area contributed by atoms with Gasteiger partial charge in [-0.25, -0.2) is 4.79 Å². The van der Waals surface area contributed by atoms with Gasteiger partial charge in [-0.15, -0.1) is 0 Å². The number of amides is 1. The van der Waals surface area contributed by atoms with Crippen LogP contribution in [0.15, 0.2) is 78.4 Å². The van der Waals surface area contributed by atoms with Crippen molar-refractivity contribution in [1.29, 1.82) is 0 Å². The second kappa shape index (κ2) is 12.1. The van der Waals surface area contributed by atoms with E-state index in [4.69, 9.17) is 9.47 Å². The molecule has 2 N–H and O–H groups in total. The lowest BCUT2D eigenvalue weighted by Crippen LogP contribution is -2.29. The molecule has 3 aromatic carbocycles. The second-order valence-corrected chi connectivity index (χ2v) is 10.1. The maximum Gasteiger partial charge on any atom is 0.331 e. The maximum atomic E-state index is 11.6. The van der Waals surface area contributed by atoms with E-state index in [0.29, 0.717) is 29.1 Å². The van der Waals surface area contributed by atoms with Gasteiger partial charge in [-0.3, -0.25) is 9.59 Å². The molecule has 3 aromatic rings. The average Bonchev–Trinajstić information content (AvgIpc) is 3.36. The molecule has 0 spiro atoms. The number of aliphatic carboxylic acids is 2. The monoisotopic (exact) mass is 543 g/mol. The summed E-state index contributed by atoms with van der Waals surface area (Å²) in [5.74, 6) is -0.983. The first-order valence-electron chi connectivity index (χ1n) is 13.0. The van der Waals surface area contributed by atoms with Gasteiger partial charge in [-0.1, -0.05) is 48.5 Å². The van der Waals surface area contributed by atoms with E-state index in [-0.39, 0.29) is 17.9 Å². The third kappa shape index (κ3) is 6.17. The van der Waals surface area contributed by atoms with Crippen LogP contribution in [0.4, 0.5) is 0 Å². The van der Waals surface area contributed by atoms with Crippen molar-refractivity contribution in [3.05, 3.63) is 89.5 Å². The van der Waals surface area contributed by atoms with Gasteiger partial charge in [-0.05, 0) is 65.9 Å². The summed E-state index contributed by atoms with van der Waals surface area (Å²) >= 11 is 0. The Morgan fingerprint density at radius 2 is 1.62 bits per heavy atom. The zero-order chi connectivity index (χ0) is 28.9. The van der Waals surface area contributed by atoms with Gasteiger partial charge in [0.05, 0.1) is 25.2 Å². The van der Waals surface area contributed by atoms with Gasteiger partial charge in [0.2, 0.25) is 5.91 Å². The predicted molar refractivity (Wildman–Crippen MR) is 152 cm³/mol. The van der Waals surface area contributed by atoms with Gasteiger partial charge in [0.15, 0.2) is 0 Å². The highest BCUT2D eigenvalue weighted by Crippen LogP contribution is 2.43. The van der Waals surface area contributed by atoms with Crippen molar-refractivity contribution in [3.8, 4) is 11.5 Å². The average molecular weight is 544 g/mol. The number of allylic oxidation sites excluding steroid dienone is 2. The first-order chi connectivity index (χ1) is 19.1. The standard InChI is InChI=1S/C17H18O6.C15H15NO/c1-17(16(20)21)8-10(7-11(9-17)15(18)19)14-12(22-2)5-4-6-13(14)23-3;17-15-6-3-9-16(15)11-12-7-8-13-4-1-2-5-14(13)10-12/h4-8H,9H2,1-3H3,(H,18,19)(H,20,21);1-2,4-5,7-8,10H,3,6,9,11H2. The molecule has 1 aliphatic heterocycles. The number of likely N-dealkylation sites (tertiary alicyclic amines) is 1. The Kier molecular flexibility index (Phi) is 8.58. The Morgan fingerprint density at radius 3 is 2.20 bits per heavy atom. The van der Waals surface area contributed by atoms with E-state index < -0.39 is 17.4 Å². The van der Waals surface area contributed by atoms with Crippen molar-refractivity contribution in [2.45, 2.75) is 32.7 Å². The van der Waals surface area contributed by atoms with Crippen LogP contribution < -0.4 is 9.47 Å². The molecule has 1 unspecified atom stereocenters. The van der Waals surface area contributed by atoms with Gasteiger partial charge >= 0.3 is 11.9 Å². The number of methoxy groups -OCH3 is 2. The predicted octanol–water partition coefficient (Wildman–Crippen LogP) is 5.56. The third-order valence-corrected chi connectivity index (χ3v) is 7.20. The smallest absolute Gasteiger partial charge is 0.331 e. The topological polar surface area (TPSA) is 113 Å². The fourth-order valence-electron chi connectivity index (χ4n) is 5.05. The molecule has 1 amide bonds. The number of benzene rings is 3. The summed E-state index contributed by atoms with van der Waals surface area (Å²) in [6.07, 6.45) is 4.65. The van der Waals surface area contributed by atoms with Crippen molar-refractivity contribution in [1.82, 2.24) is 4.90 Å². The van der Waals surface area contributed by atoms with Gasteiger partial charge in [0, 0.05) is 25.1 Å². The number of fused-ring (bicyclic) bond motifs is 1. The van der Waals surface area contributed by atoms with E-state index in [1.807, 2.05) is 17.0 Å². The quantitative estimate of drug-likeness (QED) is 0.401. The molecule has 0 bridgehead atoms. The van der Waals surface area contributed by atoms with Crippen LogP contribution in [-0.2, 0) is 20.9 Å². The van der Waals surface area contributed by atoms with Crippen molar-refractivity contribution >= 4 is 34.2 Å². The highest BCUT2D eigenvalue weighted by Gasteiger charge is 2.37.